The van der Waals surface area contributed by atoms with E-state index in [9.17, 15) is 14.4 Å². The van der Waals surface area contributed by atoms with Crippen LogP contribution in [0.5, 0.6) is 0 Å². The lowest BCUT2D eigenvalue weighted by atomic mass is 10.0. The van der Waals surface area contributed by atoms with E-state index in [1.165, 1.54) is 7.11 Å². The first-order valence-electron chi connectivity index (χ1n) is 9.90. The molecule has 0 bridgehead atoms. The number of benzene rings is 2. The average molecular weight is 491 g/mol. The maximum Gasteiger partial charge on any atom is 0.408 e. The van der Waals surface area contributed by atoms with Gasteiger partial charge in [0.25, 0.3) is 0 Å². The highest BCUT2D eigenvalue weighted by Gasteiger charge is 2.29. The molecular weight excluding hydrogens is 464 g/mol. The first-order chi connectivity index (χ1) is 14.8. The summed E-state index contributed by atoms with van der Waals surface area (Å²) >= 11 is 3.39. The molecule has 0 aliphatic carbocycles. The van der Waals surface area contributed by atoms with Crippen LogP contribution >= 0.6 is 15.9 Å². The van der Waals surface area contributed by atoms with Crippen LogP contribution in [-0.4, -0.2) is 37.2 Å². The minimum atomic E-state index is -0.893. The number of alkyl carbamates (subject to hydrolysis) is 1. The van der Waals surface area contributed by atoms with Gasteiger partial charge in [-0.05, 0) is 29.2 Å². The zero-order chi connectivity index (χ0) is 22.8. The molecule has 166 valence electrons. The lowest BCUT2D eigenvalue weighted by molar-refractivity contribution is -0.145. The molecule has 0 radical (unpaired) electrons. The Morgan fingerprint density at radius 1 is 0.968 bits per heavy atom. The van der Waals surface area contributed by atoms with Crippen molar-refractivity contribution in [2.45, 2.75) is 39.0 Å². The van der Waals surface area contributed by atoms with E-state index < -0.39 is 30.1 Å². The fourth-order valence-corrected chi connectivity index (χ4v) is 3.37. The van der Waals surface area contributed by atoms with Crippen LogP contribution in [-0.2, 0) is 32.1 Å². The van der Waals surface area contributed by atoms with Gasteiger partial charge < -0.3 is 20.1 Å². The minimum absolute atomic E-state index is 0.0901. The number of carbonyl (C=O) groups excluding carboxylic acids is 3. The van der Waals surface area contributed by atoms with Gasteiger partial charge in [0.1, 0.15) is 18.7 Å². The number of methoxy groups -OCH3 is 1. The number of hydrogen-bond donors (Lipinski definition) is 2. The Morgan fingerprint density at radius 3 is 2.26 bits per heavy atom. The molecule has 0 aliphatic heterocycles. The van der Waals surface area contributed by atoms with Crippen LogP contribution in [0.4, 0.5) is 4.79 Å². The van der Waals surface area contributed by atoms with Gasteiger partial charge >= 0.3 is 12.1 Å². The first kappa shape index (κ1) is 24.4. The van der Waals surface area contributed by atoms with Crippen molar-refractivity contribution in [3.63, 3.8) is 0 Å². The van der Waals surface area contributed by atoms with Gasteiger partial charge in [-0.15, -0.1) is 0 Å². The molecule has 0 unspecified atom stereocenters. The largest absolute Gasteiger partial charge is 0.467 e. The summed E-state index contributed by atoms with van der Waals surface area (Å²) in [5.74, 6) is -1.28. The number of esters is 1. The van der Waals surface area contributed by atoms with Gasteiger partial charge in [0.05, 0.1) is 7.11 Å². The Bertz CT molecular complexity index is 889. The molecule has 0 saturated heterocycles. The van der Waals surface area contributed by atoms with Crippen LogP contribution in [0.3, 0.4) is 0 Å². The van der Waals surface area contributed by atoms with Crippen molar-refractivity contribution in [3.8, 4) is 0 Å². The second-order valence-electron chi connectivity index (χ2n) is 7.35. The van der Waals surface area contributed by atoms with Crippen LogP contribution in [0, 0.1) is 5.92 Å². The summed E-state index contributed by atoms with van der Waals surface area (Å²) in [7, 11) is 1.27. The van der Waals surface area contributed by atoms with Gasteiger partial charge in [0.2, 0.25) is 5.91 Å². The maximum absolute atomic E-state index is 12.9. The highest BCUT2D eigenvalue weighted by atomic mass is 79.9. The van der Waals surface area contributed by atoms with Gasteiger partial charge in [-0.3, -0.25) is 4.79 Å². The molecule has 0 saturated carbocycles. The summed E-state index contributed by atoms with van der Waals surface area (Å²) < 4.78 is 10.9. The predicted molar refractivity (Wildman–Crippen MR) is 120 cm³/mol. The van der Waals surface area contributed by atoms with Crippen LogP contribution < -0.4 is 10.6 Å². The normalized spacial score (nSPS) is 12.5. The number of hydrogen-bond acceptors (Lipinski definition) is 5. The van der Waals surface area contributed by atoms with Crippen LogP contribution in [0.25, 0.3) is 0 Å². The second-order valence-corrected chi connectivity index (χ2v) is 8.26. The molecule has 2 amide bonds. The Balaban J connectivity index is 2.02. The number of nitrogens with one attached hydrogen (secondary N) is 2. The summed E-state index contributed by atoms with van der Waals surface area (Å²) in [5, 5.41) is 5.29. The van der Waals surface area contributed by atoms with E-state index in [0.29, 0.717) is 0 Å². The van der Waals surface area contributed by atoms with Gasteiger partial charge in [0, 0.05) is 10.9 Å². The molecular formula is C23H27BrN2O5. The molecule has 8 heteroatoms. The monoisotopic (exact) mass is 490 g/mol. The minimum Gasteiger partial charge on any atom is -0.467 e. The van der Waals surface area contributed by atoms with E-state index in [0.717, 1.165) is 15.6 Å². The third-order valence-electron chi connectivity index (χ3n) is 4.57. The van der Waals surface area contributed by atoms with E-state index in [-0.39, 0.29) is 18.9 Å². The molecule has 0 spiro atoms. The number of amides is 2. The van der Waals surface area contributed by atoms with Gasteiger partial charge in [-0.2, -0.15) is 0 Å². The van der Waals surface area contributed by atoms with Gasteiger partial charge in [-0.25, -0.2) is 9.59 Å². The van der Waals surface area contributed by atoms with E-state index in [4.69, 9.17) is 9.47 Å². The Morgan fingerprint density at radius 2 is 1.65 bits per heavy atom. The molecule has 0 fully saturated rings. The van der Waals surface area contributed by atoms with Crippen molar-refractivity contribution >= 4 is 33.9 Å². The summed E-state index contributed by atoms with van der Waals surface area (Å²) in [5.41, 5.74) is 1.68. The fourth-order valence-electron chi connectivity index (χ4n) is 2.92. The first-order valence-corrected chi connectivity index (χ1v) is 10.7. The van der Waals surface area contributed by atoms with Crippen molar-refractivity contribution in [2.75, 3.05) is 7.11 Å². The lowest BCUT2D eigenvalue weighted by Gasteiger charge is -2.24. The van der Waals surface area contributed by atoms with Crippen LogP contribution in [0.15, 0.2) is 59.1 Å². The number of rotatable bonds is 9. The van der Waals surface area contributed by atoms with Crippen LogP contribution in [0.1, 0.15) is 25.0 Å². The van der Waals surface area contributed by atoms with Crippen molar-refractivity contribution in [3.05, 3.63) is 70.2 Å². The van der Waals surface area contributed by atoms with Crippen molar-refractivity contribution in [1.29, 1.82) is 0 Å². The van der Waals surface area contributed by atoms with Gasteiger partial charge in [-0.1, -0.05) is 72.2 Å². The molecule has 2 aromatic carbocycles. The van der Waals surface area contributed by atoms with Gasteiger partial charge in [0.15, 0.2) is 0 Å². The van der Waals surface area contributed by atoms with E-state index >= 15 is 0 Å². The summed E-state index contributed by atoms with van der Waals surface area (Å²) in [6, 6.07) is 14.9. The standard InChI is InChI=1S/C23H27BrN2O5/c1-15(2)20(26-23(29)31-14-16-8-5-4-6-9-16)21(27)25-19(22(28)30-3)13-17-10-7-11-18(24)12-17/h4-12,15,19-20H,13-14H2,1-3H3,(H,25,27)(H,26,29)/t19-,20+/m0/s1. The third kappa shape index (κ3) is 8.05. The molecule has 0 aromatic heterocycles. The molecule has 2 aromatic rings. The molecule has 2 N–H and O–H groups in total. The number of halogens is 1. The summed E-state index contributed by atoms with van der Waals surface area (Å²) in [6.45, 7) is 3.68. The Hall–Kier alpha value is -2.87. The van der Waals surface area contributed by atoms with Crippen LogP contribution in [0.2, 0.25) is 0 Å². The smallest absolute Gasteiger partial charge is 0.408 e. The van der Waals surface area contributed by atoms with Crippen molar-refractivity contribution in [1.82, 2.24) is 10.6 Å². The topological polar surface area (TPSA) is 93.7 Å². The molecule has 0 heterocycles. The Kier molecular flexibility index (Phi) is 9.52. The highest BCUT2D eigenvalue weighted by Crippen LogP contribution is 2.14. The summed E-state index contributed by atoms with van der Waals surface area (Å²) in [6.07, 6.45) is -0.458. The zero-order valence-corrected chi connectivity index (χ0v) is 19.3. The second kappa shape index (κ2) is 12.1. The molecule has 2 rings (SSSR count). The zero-order valence-electron chi connectivity index (χ0n) is 17.8. The Labute approximate surface area is 190 Å². The van der Waals surface area contributed by atoms with E-state index in [1.54, 1.807) is 13.8 Å². The SMILES string of the molecule is COC(=O)[C@H](Cc1cccc(Br)c1)NC(=O)[C@H](NC(=O)OCc1ccccc1)C(C)C. The molecule has 0 aliphatic rings. The third-order valence-corrected chi connectivity index (χ3v) is 5.06. The maximum atomic E-state index is 12.9. The predicted octanol–water partition coefficient (Wildman–Crippen LogP) is 3.60. The number of carbonyl (C=O) groups is 3. The quantitative estimate of drug-likeness (QED) is 0.523. The molecule has 7 nitrogen and oxygen atoms in total. The highest BCUT2D eigenvalue weighted by molar-refractivity contribution is 9.10. The average Bonchev–Trinajstić information content (AvgIpc) is 2.75. The fraction of sp³-hybridized carbons (Fsp3) is 0.348. The van der Waals surface area contributed by atoms with Crippen molar-refractivity contribution in [2.24, 2.45) is 5.92 Å². The molecule has 2 atom stereocenters. The van der Waals surface area contributed by atoms with E-state index in [1.807, 2.05) is 54.6 Å². The summed E-state index contributed by atoms with van der Waals surface area (Å²) in [4.78, 5) is 37.4. The van der Waals surface area contributed by atoms with Crippen molar-refractivity contribution < 1.29 is 23.9 Å². The number of ether oxygens (including phenoxy) is 2. The molecule has 31 heavy (non-hydrogen) atoms. The van der Waals surface area contributed by atoms with E-state index in [2.05, 4.69) is 26.6 Å². The lowest BCUT2D eigenvalue weighted by Crippen LogP contribution is -2.54.